The summed E-state index contributed by atoms with van der Waals surface area (Å²) in [7, 11) is 0. The van der Waals surface area contributed by atoms with Gasteiger partial charge in [-0.25, -0.2) is 0 Å². The van der Waals surface area contributed by atoms with E-state index in [0.717, 1.165) is 37.1 Å². The molecule has 16 heavy (non-hydrogen) atoms. The van der Waals surface area contributed by atoms with Crippen LogP contribution >= 0.6 is 0 Å². The second-order valence-electron chi connectivity index (χ2n) is 6.11. The molecule has 1 aliphatic heterocycles. The van der Waals surface area contributed by atoms with Crippen molar-refractivity contribution in [2.24, 2.45) is 17.8 Å². The molecule has 2 atom stereocenters. The van der Waals surface area contributed by atoms with Gasteiger partial charge in [0.15, 0.2) is 0 Å². The van der Waals surface area contributed by atoms with Crippen LogP contribution in [0.2, 0.25) is 0 Å². The standard InChI is InChI=1S/C14H27NO/c1-10(2)11-5-7-12(8-6-11)14-13(16)4-3-9-15-14/h10-16H,3-9H2,1-2H3. The van der Waals surface area contributed by atoms with E-state index in [1.165, 1.54) is 25.7 Å². The van der Waals surface area contributed by atoms with Gasteiger partial charge >= 0.3 is 0 Å². The summed E-state index contributed by atoms with van der Waals surface area (Å²) in [5, 5.41) is 13.6. The van der Waals surface area contributed by atoms with Crippen molar-refractivity contribution in [3.05, 3.63) is 0 Å². The van der Waals surface area contributed by atoms with Gasteiger partial charge in [0.25, 0.3) is 0 Å². The molecule has 0 aromatic rings. The maximum Gasteiger partial charge on any atom is 0.0696 e. The van der Waals surface area contributed by atoms with Crippen LogP contribution in [0.25, 0.3) is 0 Å². The summed E-state index contributed by atoms with van der Waals surface area (Å²) < 4.78 is 0. The summed E-state index contributed by atoms with van der Waals surface area (Å²) >= 11 is 0. The lowest BCUT2D eigenvalue weighted by molar-refractivity contribution is 0.0488. The molecule has 0 amide bonds. The maximum absolute atomic E-state index is 10.0. The molecule has 2 heteroatoms. The Labute approximate surface area is 99.8 Å². The van der Waals surface area contributed by atoms with Gasteiger partial charge < -0.3 is 10.4 Å². The zero-order valence-electron chi connectivity index (χ0n) is 10.8. The maximum atomic E-state index is 10.0. The van der Waals surface area contributed by atoms with E-state index in [0.29, 0.717) is 6.04 Å². The van der Waals surface area contributed by atoms with Crippen molar-refractivity contribution in [1.29, 1.82) is 0 Å². The third-order valence-electron chi connectivity index (χ3n) is 4.74. The molecule has 2 aliphatic rings. The summed E-state index contributed by atoms with van der Waals surface area (Å²) in [6.07, 6.45) is 7.42. The number of hydrogen-bond acceptors (Lipinski definition) is 2. The van der Waals surface area contributed by atoms with Crippen LogP contribution in [0.15, 0.2) is 0 Å². The van der Waals surface area contributed by atoms with Crippen LogP contribution in [0, 0.1) is 17.8 Å². The lowest BCUT2D eigenvalue weighted by Gasteiger charge is -2.39. The normalized spacial score (nSPS) is 41.2. The SMILES string of the molecule is CC(C)C1CCC(C2NCCCC2O)CC1. The van der Waals surface area contributed by atoms with Crippen molar-refractivity contribution in [2.75, 3.05) is 6.54 Å². The summed E-state index contributed by atoms with van der Waals surface area (Å²) in [4.78, 5) is 0. The Bertz CT molecular complexity index is 209. The van der Waals surface area contributed by atoms with Crippen LogP contribution in [-0.4, -0.2) is 23.8 Å². The van der Waals surface area contributed by atoms with Crippen molar-refractivity contribution >= 4 is 0 Å². The van der Waals surface area contributed by atoms with E-state index in [1.54, 1.807) is 0 Å². The van der Waals surface area contributed by atoms with E-state index in [-0.39, 0.29) is 6.10 Å². The van der Waals surface area contributed by atoms with Gasteiger partial charge in [-0.1, -0.05) is 13.8 Å². The van der Waals surface area contributed by atoms with Gasteiger partial charge in [0, 0.05) is 6.04 Å². The topological polar surface area (TPSA) is 32.3 Å². The Morgan fingerprint density at radius 3 is 2.31 bits per heavy atom. The van der Waals surface area contributed by atoms with E-state index in [2.05, 4.69) is 19.2 Å². The Morgan fingerprint density at radius 1 is 1.06 bits per heavy atom. The predicted octanol–water partition coefficient (Wildman–Crippen LogP) is 2.56. The van der Waals surface area contributed by atoms with Gasteiger partial charge in [-0.05, 0) is 62.8 Å². The summed E-state index contributed by atoms with van der Waals surface area (Å²) in [5.41, 5.74) is 0. The van der Waals surface area contributed by atoms with E-state index in [4.69, 9.17) is 0 Å². The third kappa shape index (κ3) is 2.78. The molecular formula is C14H27NO. The number of nitrogens with one attached hydrogen (secondary N) is 1. The Hall–Kier alpha value is -0.0800. The van der Waals surface area contributed by atoms with Crippen LogP contribution in [-0.2, 0) is 0 Å². The first-order chi connectivity index (χ1) is 7.68. The number of piperidine rings is 1. The number of rotatable bonds is 2. The highest BCUT2D eigenvalue weighted by Crippen LogP contribution is 2.36. The molecule has 0 spiro atoms. The lowest BCUT2D eigenvalue weighted by atomic mass is 9.73. The molecule has 2 rings (SSSR count). The molecule has 2 N–H and O–H groups in total. The molecule has 2 fully saturated rings. The molecule has 0 radical (unpaired) electrons. The van der Waals surface area contributed by atoms with E-state index in [9.17, 15) is 5.11 Å². The monoisotopic (exact) mass is 225 g/mol. The predicted molar refractivity (Wildman–Crippen MR) is 67.3 cm³/mol. The molecule has 0 aromatic heterocycles. The van der Waals surface area contributed by atoms with Crippen molar-refractivity contribution in [1.82, 2.24) is 5.32 Å². The summed E-state index contributed by atoms with van der Waals surface area (Å²) in [5.74, 6) is 2.49. The van der Waals surface area contributed by atoms with Gasteiger partial charge in [-0.2, -0.15) is 0 Å². The van der Waals surface area contributed by atoms with E-state index in [1.807, 2.05) is 0 Å². The van der Waals surface area contributed by atoms with E-state index >= 15 is 0 Å². The van der Waals surface area contributed by atoms with Crippen molar-refractivity contribution in [3.63, 3.8) is 0 Å². The fourth-order valence-corrected chi connectivity index (χ4v) is 3.55. The van der Waals surface area contributed by atoms with Gasteiger partial charge in [-0.3, -0.25) is 0 Å². The van der Waals surface area contributed by atoms with Crippen LogP contribution in [0.3, 0.4) is 0 Å². The first kappa shape index (κ1) is 12.4. The first-order valence-corrected chi connectivity index (χ1v) is 7.10. The molecule has 2 nitrogen and oxygen atoms in total. The van der Waals surface area contributed by atoms with Crippen LogP contribution < -0.4 is 5.32 Å². The molecule has 1 heterocycles. The largest absolute Gasteiger partial charge is 0.391 e. The second-order valence-corrected chi connectivity index (χ2v) is 6.11. The average Bonchev–Trinajstić information content (AvgIpc) is 2.30. The molecular weight excluding hydrogens is 198 g/mol. The molecule has 1 saturated carbocycles. The summed E-state index contributed by atoms with van der Waals surface area (Å²) in [6.45, 7) is 5.79. The zero-order chi connectivity index (χ0) is 11.5. The van der Waals surface area contributed by atoms with Gasteiger partial charge in [0.05, 0.1) is 6.10 Å². The minimum Gasteiger partial charge on any atom is -0.391 e. The molecule has 1 aliphatic carbocycles. The highest BCUT2D eigenvalue weighted by Gasteiger charge is 2.33. The Morgan fingerprint density at radius 2 is 1.75 bits per heavy atom. The highest BCUT2D eigenvalue weighted by molar-refractivity contribution is 4.89. The third-order valence-corrected chi connectivity index (χ3v) is 4.74. The summed E-state index contributed by atoms with van der Waals surface area (Å²) in [6, 6.07) is 0.391. The minimum atomic E-state index is -0.0886. The Kier molecular flexibility index (Phi) is 4.26. The van der Waals surface area contributed by atoms with Gasteiger partial charge in [0.2, 0.25) is 0 Å². The number of aliphatic hydroxyl groups is 1. The highest BCUT2D eigenvalue weighted by atomic mass is 16.3. The minimum absolute atomic E-state index is 0.0886. The second kappa shape index (κ2) is 5.50. The molecule has 2 unspecified atom stereocenters. The van der Waals surface area contributed by atoms with Gasteiger partial charge in [-0.15, -0.1) is 0 Å². The smallest absolute Gasteiger partial charge is 0.0696 e. The molecule has 94 valence electrons. The van der Waals surface area contributed by atoms with Crippen molar-refractivity contribution in [2.45, 2.75) is 64.5 Å². The number of aliphatic hydroxyl groups excluding tert-OH is 1. The van der Waals surface area contributed by atoms with Gasteiger partial charge in [0.1, 0.15) is 0 Å². The zero-order valence-corrected chi connectivity index (χ0v) is 10.8. The molecule has 0 aromatic carbocycles. The fraction of sp³-hybridized carbons (Fsp3) is 1.00. The van der Waals surface area contributed by atoms with Crippen LogP contribution in [0.4, 0.5) is 0 Å². The van der Waals surface area contributed by atoms with Crippen molar-refractivity contribution in [3.8, 4) is 0 Å². The van der Waals surface area contributed by atoms with Crippen molar-refractivity contribution < 1.29 is 5.11 Å². The number of hydrogen-bond donors (Lipinski definition) is 2. The first-order valence-electron chi connectivity index (χ1n) is 7.10. The molecule has 1 saturated heterocycles. The quantitative estimate of drug-likeness (QED) is 0.757. The van der Waals surface area contributed by atoms with Crippen LogP contribution in [0.1, 0.15) is 52.4 Å². The van der Waals surface area contributed by atoms with Crippen LogP contribution in [0.5, 0.6) is 0 Å². The lowest BCUT2D eigenvalue weighted by Crippen LogP contribution is -2.50. The molecule has 0 bridgehead atoms. The Balaban J connectivity index is 1.83. The fourth-order valence-electron chi connectivity index (χ4n) is 3.55. The average molecular weight is 225 g/mol. The van der Waals surface area contributed by atoms with E-state index < -0.39 is 0 Å².